The standard InChI is InChI=1S/C23H13ClF6N2/c24-15-7-10-17(20(13-15)23(28,29)30)14-5-8-16(9-6-14)32-12-11-31-21(32)18-3-1-2-4-19(18)22(25,26)27/h1-13H. The van der Waals surface area contributed by atoms with Crippen molar-refractivity contribution < 1.29 is 26.3 Å². The first-order chi connectivity index (χ1) is 15.1. The van der Waals surface area contributed by atoms with Crippen LogP contribution in [0.5, 0.6) is 0 Å². The lowest BCUT2D eigenvalue weighted by atomic mass is 9.99. The Morgan fingerprint density at radius 1 is 0.719 bits per heavy atom. The highest BCUT2D eigenvalue weighted by molar-refractivity contribution is 6.30. The van der Waals surface area contributed by atoms with Gasteiger partial charge < -0.3 is 0 Å². The van der Waals surface area contributed by atoms with E-state index in [0.717, 1.165) is 12.1 Å². The van der Waals surface area contributed by atoms with Crippen LogP contribution in [0.1, 0.15) is 11.1 Å². The van der Waals surface area contributed by atoms with E-state index in [4.69, 9.17) is 11.6 Å². The molecule has 0 N–H and O–H groups in total. The molecular weight excluding hydrogens is 454 g/mol. The maximum absolute atomic E-state index is 13.4. The summed E-state index contributed by atoms with van der Waals surface area (Å²) in [4.78, 5) is 4.07. The van der Waals surface area contributed by atoms with Crippen LogP contribution < -0.4 is 0 Å². The van der Waals surface area contributed by atoms with Crippen molar-refractivity contribution in [3.8, 4) is 28.2 Å². The van der Waals surface area contributed by atoms with Gasteiger partial charge in [0.25, 0.3) is 0 Å². The lowest BCUT2D eigenvalue weighted by molar-refractivity contribution is -0.137. The van der Waals surface area contributed by atoms with Crippen molar-refractivity contribution in [2.24, 2.45) is 0 Å². The van der Waals surface area contributed by atoms with Crippen molar-refractivity contribution in [2.45, 2.75) is 12.4 Å². The Kier molecular flexibility index (Phi) is 5.50. The lowest BCUT2D eigenvalue weighted by Gasteiger charge is -2.15. The zero-order valence-electron chi connectivity index (χ0n) is 16.0. The second kappa shape index (κ2) is 8.02. The Morgan fingerprint density at radius 3 is 2.03 bits per heavy atom. The Morgan fingerprint density at radius 2 is 1.38 bits per heavy atom. The number of alkyl halides is 6. The van der Waals surface area contributed by atoms with Gasteiger partial charge in [0, 0.05) is 28.7 Å². The number of nitrogens with zero attached hydrogens (tertiary/aromatic N) is 2. The van der Waals surface area contributed by atoms with E-state index in [1.807, 2.05) is 0 Å². The normalized spacial score (nSPS) is 12.2. The van der Waals surface area contributed by atoms with E-state index in [1.54, 1.807) is 0 Å². The van der Waals surface area contributed by atoms with E-state index in [9.17, 15) is 26.3 Å². The van der Waals surface area contributed by atoms with Gasteiger partial charge in [-0.15, -0.1) is 0 Å². The molecule has 4 aromatic rings. The smallest absolute Gasteiger partial charge is 0.300 e. The van der Waals surface area contributed by atoms with Crippen molar-refractivity contribution in [3.63, 3.8) is 0 Å². The van der Waals surface area contributed by atoms with Crippen molar-refractivity contribution in [3.05, 3.63) is 95.3 Å². The van der Waals surface area contributed by atoms with Crippen molar-refractivity contribution in [2.75, 3.05) is 0 Å². The topological polar surface area (TPSA) is 17.8 Å². The van der Waals surface area contributed by atoms with Gasteiger partial charge in [-0.1, -0.05) is 48.0 Å². The van der Waals surface area contributed by atoms with Crippen LogP contribution in [-0.4, -0.2) is 9.55 Å². The number of hydrogen-bond acceptors (Lipinski definition) is 1. The first-order valence-electron chi connectivity index (χ1n) is 9.23. The fourth-order valence-corrected chi connectivity index (χ4v) is 3.61. The van der Waals surface area contributed by atoms with Gasteiger partial charge in [-0.25, -0.2) is 4.98 Å². The summed E-state index contributed by atoms with van der Waals surface area (Å²) in [6.07, 6.45) is -6.32. The van der Waals surface area contributed by atoms with Gasteiger partial charge in [0.2, 0.25) is 0 Å². The average Bonchev–Trinajstić information content (AvgIpc) is 3.22. The molecule has 0 radical (unpaired) electrons. The zero-order chi connectivity index (χ0) is 23.1. The van der Waals surface area contributed by atoms with Crippen LogP contribution in [0.2, 0.25) is 5.02 Å². The minimum Gasteiger partial charge on any atom is -0.300 e. The molecule has 0 unspecified atom stereocenters. The quantitative estimate of drug-likeness (QED) is 0.281. The average molecular weight is 467 g/mol. The minimum absolute atomic E-state index is 0.0379. The van der Waals surface area contributed by atoms with Crippen LogP contribution in [0, 0.1) is 0 Å². The molecule has 32 heavy (non-hydrogen) atoms. The third kappa shape index (κ3) is 4.23. The second-order valence-electron chi connectivity index (χ2n) is 6.90. The molecule has 0 aliphatic rings. The molecule has 0 atom stereocenters. The van der Waals surface area contributed by atoms with E-state index in [1.165, 1.54) is 71.6 Å². The Labute approximate surface area is 183 Å². The molecule has 0 fully saturated rings. The van der Waals surface area contributed by atoms with Crippen molar-refractivity contribution in [1.82, 2.24) is 9.55 Å². The largest absolute Gasteiger partial charge is 0.417 e. The molecule has 3 aromatic carbocycles. The van der Waals surface area contributed by atoms with Gasteiger partial charge in [0.15, 0.2) is 0 Å². The fraction of sp³-hybridized carbons (Fsp3) is 0.0870. The zero-order valence-corrected chi connectivity index (χ0v) is 16.8. The Balaban J connectivity index is 1.76. The number of aromatic nitrogens is 2. The monoisotopic (exact) mass is 466 g/mol. The van der Waals surface area contributed by atoms with E-state index >= 15 is 0 Å². The molecule has 0 spiro atoms. The lowest BCUT2D eigenvalue weighted by Crippen LogP contribution is -2.09. The summed E-state index contributed by atoms with van der Waals surface area (Å²) >= 11 is 5.73. The minimum atomic E-state index is -4.60. The number of halogens is 7. The van der Waals surface area contributed by atoms with E-state index < -0.39 is 23.5 Å². The summed E-state index contributed by atoms with van der Waals surface area (Å²) in [5, 5.41) is -0.0379. The molecule has 0 amide bonds. The Hall–Kier alpha value is -3.26. The predicted octanol–water partition coefficient (Wildman–Crippen LogP) is 7.90. The maximum atomic E-state index is 13.4. The van der Waals surface area contributed by atoms with Crippen LogP contribution in [0.3, 0.4) is 0 Å². The van der Waals surface area contributed by atoms with Gasteiger partial charge >= 0.3 is 12.4 Å². The second-order valence-corrected chi connectivity index (χ2v) is 7.34. The van der Waals surface area contributed by atoms with Crippen LogP contribution >= 0.6 is 11.6 Å². The summed E-state index contributed by atoms with van der Waals surface area (Å²) < 4.78 is 82.0. The van der Waals surface area contributed by atoms with Crippen LogP contribution in [0.4, 0.5) is 26.3 Å². The molecule has 1 aromatic heterocycles. The van der Waals surface area contributed by atoms with Gasteiger partial charge in [-0.05, 0) is 41.5 Å². The van der Waals surface area contributed by atoms with Gasteiger partial charge in [0.1, 0.15) is 5.82 Å². The molecule has 2 nitrogen and oxygen atoms in total. The summed E-state index contributed by atoms with van der Waals surface area (Å²) in [5.74, 6) is 0.0631. The summed E-state index contributed by atoms with van der Waals surface area (Å²) in [6.45, 7) is 0. The molecule has 0 aliphatic carbocycles. The van der Waals surface area contributed by atoms with Gasteiger partial charge in [0.05, 0.1) is 11.1 Å². The van der Waals surface area contributed by atoms with Crippen LogP contribution in [0.25, 0.3) is 28.2 Å². The third-order valence-corrected chi connectivity index (χ3v) is 5.09. The molecule has 0 saturated heterocycles. The van der Waals surface area contributed by atoms with Crippen molar-refractivity contribution in [1.29, 1.82) is 0 Å². The predicted molar refractivity (Wildman–Crippen MR) is 109 cm³/mol. The molecular formula is C23H13ClF6N2. The summed E-state index contributed by atoms with van der Waals surface area (Å²) in [6, 6.07) is 14.5. The van der Waals surface area contributed by atoms with Crippen molar-refractivity contribution >= 4 is 11.6 Å². The van der Waals surface area contributed by atoms with Gasteiger partial charge in [-0.2, -0.15) is 26.3 Å². The van der Waals surface area contributed by atoms with E-state index in [0.29, 0.717) is 5.69 Å². The van der Waals surface area contributed by atoms with E-state index in [-0.39, 0.29) is 27.5 Å². The highest BCUT2D eigenvalue weighted by Crippen LogP contribution is 2.40. The third-order valence-electron chi connectivity index (χ3n) is 4.86. The fourth-order valence-electron chi connectivity index (χ4n) is 3.44. The highest BCUT2D eigenvalue weighted by atomic mass is 35.5. The van der Waals surface area contributed by atoms with E-state index in [2.05, 4.69) is 4.98 Å². The molecule has 0 saturated carbocycles. The highest BCUT2D eigenvalue weighted by Gasteiger charge is 2.35. The SMILES string of the molecule is FC(F)(F)c1cc(Cl)ccc1-c1ccc(-n2ccnc2-c2ccccc2C(F)(F)F)cc1. The molecule has 1 heterocycles. The summed E-state index contributed by atoms with van der Waals surface area (Å²) in [7, 11) is 0. The first kappa shape index (κ1) is 22.0. The molecule has 164 valence electrons. The first-order valence-corrected chi connectivity index (χ1v) is 9.61. The Bertz CT molecular complexity index is 1260. The van der Waals surface area contributed by atoms with Crippen LogP contribution in [-0.2, 0) is 12.4 Å². The number of hydrogen-bond donors (Lipinski definition) is 0. The van der Waals surface area contributed by atoms with Crippen LogP contribution in [0.15, 0.2) is 79.1 Å². The molecule has 0 aliphatic heterocycles. The molecule has 0 bridgehead atoms. The summed E-state index contributed by atoms with van der Waals surface area (Å²) in [5.41, 5.74) is -1.14. The molecule has 9 heteroatoms. The van der Waals surface area contributed by atoms with Gasteiger partial charge in [-0.3, -0.25) is 4.57 Å². The molecule has 4 rings (SSSR count). The maximum Gasteiger partial charge on any atom is 0.417 e. The number of benzene rings is 3. The number of imidazole rings is 1. The number of rotatable bonds is 3.